The average Bonchev–Trinajstić information content (AvgIpc) is 3.20. The Bertz CT molecular complexity index is 1240. The molecule has 0 aromatic carbocycles. The Kier molecular flexibility index (Phi) is 6.29. The van der Waals surface area contributed by atoms with Crippen molar-refractivity contribution in [1.29, 1.82) is 0 Å². The monoisotopic (exact) mass is 476 g/mol. The van der Waals surface area contributed by atoms with Crippen LogP contribution >= 0.6 is 0 Å². The summed E-state index contributed by atoms with van der Waals surface area (Å²) >= 11 is 0. The van der Waals surface area contributed by atoms with Crippen molar-refractivity contribution in [2.45, 2.75) is 19.8 Å². The number of piperidine rings is 1. The first kappa shape index (κ1) is 23.1. The van der Waals surface area contributed by atoms with E-state index in [0.717, 1.165) is 63.4 Å². The minimum absolute atomic E-state index is 0.0495. The minimum atomic E-state index is -0.322. The number of likely N-dealkylation sites (N-methyl/N-ethyl adjacent to an activating group) is 1. The number of carbonyl (C=O) groups excluding carboxylic acids is 2. The maximum absolute atomic E-state index is 13.3. The number of anilines is 3. The molecule has 3 N–H and O–H groups in total. The second kappa shape index (κ2) is 9.53. The van der Waals surface area contributed by atoms with Crippen LogP contribution in [0.5, 0.6) is 0 Å². The van der Waals surface area contributed by atoms with E-state index in [-0.39, 0.29) is 23.6 Å². The molecule has 10 nitrogen and oxygen atoms in total. The van der Waals surface area contributed by atoms with Gasteiger partial charge in [0, 0.05) is 57.6 Å². The fourth-order valence-electron chi connectivity index (χ4n) is 5.14. The first-order valence-electron chi connectivity index (χ1n) is 12.1. The molecule has 0 saturated carbocycles. The number of amides is 2. The molecule has 2 amide bonds. The summed E-state index contributed by atoms with van der Waals surface area (Å²) in [5.74, 6) is 0.186. The SMILES string of the molecule is Cc1cncc(NC(=O)c2c(N)nn3ccccc23)c1N1CCC(C(=O)N2CCN(C)CC2)CC1. The summed E-state index contributed by atoms with van der Waals surface area (Å²) in [5, 5.41) is 7.26. The van der Waals surface area contributed by atoms with Crippen LogP contribution in [0.4, 0.5) is 17.2 Å². The lowest BCUT2D eigenvalue weighted by Gasteiger charge is -2.38. The van der Waals surface area contributed by atoms with E-state index in [1.54, 1.807) is 23.1 Å². The van der Waals surface area contributed by atoms with Crippen LogP contribution in [0.25, 0.3) is 5.52 Å². The number of nitrogen functional groups attached to an aromatic ring is 1. The molecule has 35 heavy (non-hydrogen) atoms. The standard InChI is InChI=1S/C25H32N8O2/c1-17-15-27-16-19(28-24(34)21-20-5-3-4-8-33(20)29-23(21)26)22(17)31-9-6-18(7-10-31)25(35)32-13-11-30(2)12-14-32/h3-5,8,15-16,18H,6-7,9-14H2,1-2H3,(H2,26,29)(H,28,34). The van der Waals surface area contributed by atoms with Gasteiger partial charge in [-0.15, -0.1) is 5.10 Å². The number of aromatic nitrogens is 3. The Balaban J connectivity index is 1.31. The first-order chi connectivity index (χ1) is 16.9. The Labute approximate surface area is 204 Å². The third-order valence-electron chi connectivity index (χ3n) is 7.12. The normalized spacial score (nSPS) is 17.7. The first-order valence-corrected chi connectivity index (χ1v) is 12.1. The zero-order valence-corrected chi connectivity index (χ0v) is 20.3. The molecule has 0 atom stereocenters. The number of pyridine rings is 2. The maximum Gasteiger partial charge on any atom is 0.261 e. The molecule has 2 aliphatic rings. The van der Waals surface area contributed by atoms with Gasteiger partial charge in [0.25, 0.3) is 5.91 Å². The van der Waals surface area contributed by atoms with E-state index in [9.17, 15) is 9.59 Å². The quantitative estimate of drug-likeness (QED) is 0.591. The van der Waals surface area contributed by atoms with E-state index in [1.165, 1.54) is 0 Å². The van der Waals surface area contributed by atoms with Crippen LogP contribution in [0.2, 0.25) is 0 Å². The number of rotatable bonds is 4. The minimum Gasteiger partial charge on any atom is -0.382 e. The second-order valence-corrected chi connectivity index (χ2v) is 9.49. The Morgan fingerprint density at radius 3 is 2.54 bits per heavy atom. The third-order valence-corrected chi connectivity index (χ3v) is 7.12. The van der Waals surface area contributed by atoms with Crippen molar-refractivity contribution in [2.24, 2.45) is 5.92 Å². The van der Waals surface area contributed by atoms with Crippen molar-refractivity contribution in [3.05, 3.63) is 47.9 Å². The van der Waals surface area contributed by atoms with Crippen LogP contribution in [0.15, 0.2) is 36.8 Å². The summed E-state index contributed by atoms with van der Waals surface area (Å²) in [7, 11) is 2.09. The van der Waals surface area contributed by atoms with Crippen molar-refractivity contribution in [3.8, 4) is 0 Å². The molecule has 2 aliphatic heterocycles. The van der Waals surface area contributed by atoms with Gasteiger partial charge >= 0.3 is 0 Å². The summed E-state index contributed by atoms with van der Waals surface area (Å²) in [5.41, 5.74) is 9.61. The molecule has 2 fully saturated rings. The van der Waals surface area contributed by atoms with E-state index < -0.39 is 0 Å². The molecule has 0 radical (unpaired) electrons. The number of fused-ring (bicyclic) bond motifs is 1. The highest BCUT2D eigenvalue weighted by atomic mass is 16.2. The van der Waals surface area contributed by atoms with Gasteiger partial charge < -0.3 is 25.8 Å². The van der Waals surface area contributed by atoms with Gasteiger partial charge in [-0.3, -0.25) is 14.6 Å². The third kappa shape index (κ3) is 4.53. The van der Waals surface area contributed by atoms with Gasteiger partial charge in [-0.2, -0.15) is 0 Å². The number of carbonyl (C=O) groups is 2. The Morgan fingerprint density at radius 2 is 1.80 bits per heavy atom. The fraction of sp³-hybridized carbons (Fsp3) is 0.440. The van der Waals surface area contributed by atoms with E-state index in [4.69, 9.17) is 5.73 Å². The van der Waals surface area contributed by atoms with Crippen molar-refractivity contribution < 1.29 is 9.59 Å². The van der Waals surface area contributed by atoms with Crippen LogP contribution in [-0.2, 0) is 4.79 Å². The predicted octanol–water partition coefficient (Wildman–Crippen LogP) is 1.86. The predicted molar refractivity (Wildman–Crippen MR) is 136 cm³/mol. The summed E-state index contributed by atoms with van der Waals surface area (Å²) in [4.78, 5) is 37.1. The van der Waals surface area contributed by atoms with Gasteiger partial charge in [-0.25, -0.2) is 4.52 Å². The average molecular weight is 477 g/mol. The Hall–Kier alpha value is -3.66. The molecule has 10 heteroatoms. The number of nitrogens with one attached hydrogen (secondary N) is 1. The molecule has 3 aromatic heterocycles. The van der Waals surface area contributed by atoms with Crippen LogP contribution in [0.1, 0.15) is 28.8 Å². The van der Waals surface area contributed by atoms with E-state index in [2.05, 4.69) is 32.2 Å². The second-order valence-electron chi connectivity index (χ2n) is 9.49. The summed E-state index contributed by atoms with van der Waals surface area (Å²) in [6.45, 7) is 6.96. The lowest BCUT2D eigenvalue weighted by molar-refractivity contribution is -0.137. The number of aryl methyl sites for hydroxylation is 1. The zero-order valence-electron chi connectivity index (χ0n) is 20.3. The molecule has 0 aliphatic carbocycles. The molecular formula is C25H32N8O2. The summed E-state index contributed by atoms with van der Waals surface area (Å²) < 4.78 is 1.60. The highest BCUT2D eigenvalue weighted by Gasteiger charge is 2.31. The highest BCUT2D eigenvalue weighted by molar-refractivity contribution is 6.13. The Morgan fingerprint density at radius 1 is 1.06 bits per heavy atom. The zero-order chi connectivity index (χ0) is 24.5. The molecule has 0 bridgehead atoms. The topological polar surface area (TPSA) is 112 Å². The van der Waals surface area contributed by atoms with Gasteiger partial charge in [-0.05, 0) is 44.5 Å². The van der Waals surface area contributed by atoms with E-state index >= 15 is 0 Å². The van der Waals surface area contributed by atoms with Gasteiger partial charge in [0.15, 0.2) is 5.82 Å². The number of nitrogens with two attached hydrogens (primary N) is 1. The molecule has 3 aromatic rings. The fourth-order valence-corrected chi connectivity index (χ4v) is 5.14. The van der Waals surface area contributed by atoms with Gasteiger partial charge in [0.05, 0.1) is 23.1 Å². The number of nitrogens with zero attached hydrogens (tertiary/aromatic N) is 6. The van der Waals surface area contributed by atoms with Crippen LogP contribution in [0, 0.1) is 12.8 Å². The molecule has 5 heterocycles. The smallest absolute Gasteiger partial charge is 0.261 e. The molecule has 2 saturated heterocycles. The van der Waals surface area contributed by atoms with Crippen molar-refractivity contribution in [1.82, 2.24) is 24.4 Å². The number of piperazine rings is 1. The van der Waals surface area contributed by atoms with Crippen molar-refractivity contribution in [2.75, 3.05) is 62.3 Å². The van der Waals surface area contributed by atoms with Gasteiger partial charge in [0.2, 0.25) is 5.91 Å². The molecule has 0 unspecified atom stereocenters. The van der Waals surface area contributed by atoms with Gasteiger partial charge in [-0.1, -0.05) is 6.07 Å². The van der Waals surface area contributed by atoms with Crippen LogP contribution in [-0.4, -0.2) is 82.5 Å². The molecule has 184 valence electrons. The number of hydrogen-bond donors (Lipinski definition) is 2. The summed E-state index contributed by atoms with van der Waals surface area (Å²) in [6.07, 6.45) is 6.82. The number of hydrogen-bond acceptors (Lipinski definition) is 7. The summed E-state index contributed by atoms with van der Waals surface area (Å²) in [6, 6.07) is 5.50. The van der Waals surface area contributed by atoms with Gasteiger partial charge in [0.1, 0.15) is 5.56 Å². The van der Waals surface area contributed by atoms with Crippen LogP contribution < -0.4 is 16.0 Å². The highest BCUT2D eigenvalue weighted by Crippen LogP contribution is 2.33. The molecular weight excluding hydrogens is 444 g/mol. The van der Waals surface area contributed by atoms with E-state index in [0.29, 0.717) is 16.8 Å². The van der Waals surface area contributed by atoms with Crippen LogP contribution in [0.3, 0.4) is 0 Å². The molecule has 0 spiro atoms. The van der Waals surface area contributed by atoms with Crippen molar-refractivity contribution in [3.63, 3.8) is 0 Å². The lowest BCUT2D eigenvalue weighted by Crippen LogP contribution is -2.50. The lowest BCUT2D eigenvalue weighted by atomic mass is 9.94. The van der Waals surface area contributed by atoms with E-state index in [1.807, 2.05) is 30.0 Å². The molecule has 5 rings (SSSR count). The largest absolute Gasteiger partial charge is 0.382 e. The maximum atomic E-state index is 13.3. The van der Waals surface area contributed by atoms with Crippen molar-refractivity contribution >= 4 is 34.5 Å².